The summed E-state index contributed by atoms with van der Waals surface area (Å²) in [4.78, 5) is 33.1. The number of carbonyl (C=O) groups is 1. The van der Waals surface area contributed by atoms with Crippen molar-refractivity contribution in [2.75, 3.05) is 6.54 Å². The number of amides is 1. The molecule has 2 aromatic heterocycles. The van der Waals surface area contributed by atoms with Gasteiger partial charge in [-0.15, -0.1) is 11.3 Å². The highest BCUT2D eigenvalue weighted by atomic mass is 32.2. The summed E-state index contributed by atoms with van der Waals surface area (Å²) in [6, 6.07) is 6.04. The van der Waals surface area contributed by atoms with Gasteiger partial charge in [0.05, 0.1) is 16.3 Å². The number of aromatic nitrogens is 2. The van der Waals surface area contributed by atoms with Crippen LogP contribution < -0.4 is 10.9 Å². The summed E-state index contributed by atoms with van der Waals surface area (Å²) < 4.78 is 1.71. The van der Waals surface area contributed by atoms with Crippen LogP contribution in [-0.2, 0) is 11.2 Å². The Labute approximate surface area is 184 Å². The van der Waals surface area contributed by atoms with E-state index in [0.717, 1.165) is 58.7 Å². The number of aryl methyl sites for hydroxylation is 4. The number of hydrogen-bond donors (Lipinski definition) is 1. The Morgan fingerprint density at radius 1 is 1.20 bits per heavy atom. The smallest absolute Gasteiger partial charge is 0.267 e. The molecule has 0 radical (unpaired) electrons. The zero-order valence-corrected chi connectivity index (χ0v) is 19.5. The molecule has 1 unspecified atom stereocenters. The Morgan fingerprint density at radius 2 is 2.00 bits per heavy atom. The van der Waals surface area contributed by atoms with E-state index in [2.05, 4.69) is 26.1 Å². The minimum Gasteiger partial charge on any atom is -0.355 e. The molecule has 1 amide bonds. The van der Waals surface area contributed by atoms with Crippen molar-refractivity contribution in [3.8, 4) is 5.69 Å². The molecule has 1 aromatic carbocycles. The summed E-state index contributed by atoms with van der Waals surface area (Å²) in [6.07, 6.45) is 3.57. The Hall–Kier alpha value is -2.12. The zero-order valence-electron chi connectivity index (χ0n) is 17.9. The Bertz CT molecular complexity index is 1180. The maximum Gasteiger partial charge on any atom is 0.267 e. The van der Waals surface area contributed by atoms with E-state index >= 15 is 0 Å². The topological polar surface area (TPSA) is 64.0 Å². The van der Waals surface area contributed by atoms with Crippen LogP contribution in [0.25, 0.3) is 15.9 Å². The van der Waals surface area contributed by atoms with Crippen LogP contribution in [0.3, 0.4) is 0 Å². The van der Waals surface area contributed by atoms with Crippen LogP contribution >= 0.6 is 23.1 Å². The number of benzene rings is 1. The molecule has 7 heteroatoms. The van der Waals surface area contributed by atoms with E-state index in [1.807, 2.05) is 25.1 Å². The standard InChI is InChI=1S/C23H27N3O2S2/c1-5-17-15(4)29-21-19(17)22(28)26(16-10-9-13(2)14(3)12-16)23(25-21)30-18-8-6-7-11-24-20(18)27/h9-10,12,18H,5-8,11H2,1-4H3,(H,24,27). The lowest BCUT2D eigenvalue weighted by Gasteiger charge is -2.17. The van der Waals surface area contributed by atoms with Gasteiger partial charge < -0.3 is 5.32 Å². The van der Waals surface area contributed by atoms with Crippen molar-refractivity contribution >= 4 is 39.2 Å². The van der Waals surface area contributed by atoms with E-state index in [9.17, 15) is 9.59 Å². The van der Waals surface area contributed by atoms with Gasteiger partial charge in [0, 0.05) is 11.4 Å². The highest BCUT2D eigenvalue weighted by molar-refractivity contribution is 8.00. The first kappa shape index (κ1) is 21.1. The van der Waals surface area contributed by atoms with Gasteiger partial charge in [0.25, 0.3) is 5.56 Å². The second-order valence-electron chi connectivity index (χ2n) is 7.87. The lowest BCUT2D eigenvalue weighted by atomic mass is 10.1. The van der Waals surface area contributed by atoms with E-state index in [0.29, 0.717) is 10.5 Å². The van der Waals surface area contributed by atoms with Crippen molar-refractivity contribution < 1.29 is 4.79 Å². The van der Waals surface area contributed by atoms with E-state index in [-0.39, 0.29) is 16.7 Å². The summed E-state index contributed by atoms with van der Waals surface area (Å²) in [5.74, 6) is 0.0371. The molecule has 1 aliphatic heterocycles. The summed E-state index contributed by atoms with van der Waals surface area (Å²) >= 11 is 2.99. The molecule has 1 fully saturated rings. The van der Waals surface area contributed by atoms with Crippen molar-refractivity contribution in [3.05, 3.63) is 50.1 Å². The normalized spacial score (nSPS) is 17.2. The Morgan fingerprint density at radius 3 is 2.73 bits per heavy atom. The zero-order chi connectivity index (χ0) is 21.4. The van der Waals surface area contributed by atoms with Gasteiger partial charge in [-0.2, -0.15) is 0 Å². The second-order valence-corrected chi connectivity index (χ2v) is 10.2. The SMILES string of the molecule is CCc1c(C)sc2nc(SC3CCCCNC3=O)n(-c3ccc(C)c(C)c3)c(=O)c12. The molecule has 1 saturated heterocycles. The van der Waals surface area contributed by atoms with Crippen LogP contribution in [0.5, 0.6) is 0 Å². The second kappa shape index (κ2) is 8.55. The molecule has 3 heterocycles. The predicted octanol–water partition coefficient (Wildman–Crippen LogP) is 4.70. The first-order valence-electron chi connectivity index (χ1n) is 10.5. The average Bonchev–Trinajstić information content (AvgIpc) is 2.90. The number of hydrogen-bond acceptors (Lipinski definition) is 5. The monoisotopic (exact) mass is 441 g/mol. The molecule has 158 valence electrons. The highest BCUT2D eigenvalue weighted by Gasteiger charge is 2.26. The summed E-state index contributed by atoms with van der Waals surface area (Å²) in [5.41, 5.74) is 4.15. The van der Waals surface area contributed by atoms with Crippen LogP contribution in [-0.4, -0.2) is 27.3 Å². The quantitative estimate of drug-likeness (QED) is 0.596. The van der Waals surface area contributed by atoms with Crippen LogP contribution in [0.4, 0.5) is 0 Å². The van der Waals surface area contributed by atoms with Crippen molar-refractivity contribution in [1.29, 1.82) is 0 Å². The average molecular weight is 442 g/mol. The fourth-order valence-corrected chi connectivity index (χ4v) is 6.27. The first-order chi connectivity index (χ1) is 14.4. The maximum atomic E-state index is 13.7. The summed E-state index contributed by atoms with van der Waals surface area (Å²) in [6.45, 7) is 8.96. The van der Waals surface area contributed by atoms with Crippen molar-refractivity contribution in [1.82, 2.24) is 14.9 Å². The fourth-order valence-electron chi connectivity index (χ4n) is 3.95. The molecule has 0 bridgehead atoms. The van der Waals surface area contributed by atoms with Gasteiger partial charge in [0.2, 0.25) is 5.91 Å². The maximum absolute atomic E-state index is 13.7. The minimum atomic E-state index is -0.235. The summed E-state index contributed by atoms with van der Waals surface area (Å²) in [7, 11) is 0. The van der Waals surface area contributed by atoms with Crippen molar-refractivity contribution in [3.63, 3.8) is 0 Å². The Kier molecular flexibility index (Phi) is 6.02. The fraction of sp³-hybridized carbons (Fsp3) is 0.435. The lowest BCUT2D eigenvalue weighted by Crippen LogP contribution is -2.31. The number of thiophene rings is 1. The minimum absolute atomic E-state index is 0.0371. The molecule has 30 heavy (non-hydrogen) atoms. The number of thioether (sulfide) groups is 1. The van der Waals surface area contributed by atoms with Gasteiger partial charge in [0.1, 0.15) is 4.83 Å². The van der Waals surface area contributed by atoms with Gasteiger partial charge in [-0.25, -0.2) is 4.98 Å². The summed E-state index contributed by atoms with van der Waals surface area (Å²) in [5, 5.41) is 4.07. The third-order valence-electron chi connectivity index (χ3n) is 5.83. The van der Waals surface area contributed by atoms with Crippen LogP contribution in [0, 0.1) is 20.8 Å². The molecule has 1 N–H and O–H groups in total. The van der Waals surface area contributed by atoms with Gasteiger partial charge >= 0.3 is 0 Å². The molecule has 0 spiro atoms. The molecule has 1 atom stereocenters. The molecule has 4 rings (SSSR count). The van der Waals surface area contributed by atoms with Crippen LogP contribution in [0.15, 0.2) is 28.2 Å². The third kappa shape index (κ3) is 3.81. The largest absolute Gasteiger partial charge is 0.355 e. The van der Waals surface area contributed by atoms with E-state index in [1.165, 1.54) is 17.3 Å². The van der Waals surface area contributed by atoms with Crippen molar-refractivity contribution in [2.45, 2.75) is 63.8 Å². The predicted molar refractivity (Wildman–Crippen MR) is 125 cm³/mol. The molecular weight excluding hydrogens is 414 g/mol. The molecule has 3 aromatic rings. The van der Waals surface area contributed by atoms with E-state index in [1.54, 1.807) is 15.9 Å². The lowest BCUT2D eigenvalue weighted by molar-refractivity contribution is -0.120. The van der Waals surface area contributed by atoms with Crippen LogP contribution in [0.2, 0.25) is 0 Å². The van der Waals surface area contributed by atoms with Crippen LogP contribution in [0.1, 0.15) is 47.8 Å². The van der Waals surface area contributed by atoms with Gasteiger partial charge in [0.15, 0.2) is 5.16 Å². The van der Waals surface area contributed by atoms with Gasteiger partial charge in [-0.1, -0.05) is 31.2 Å². The molecule has 0 aliphatic carbocycles. The number of rotatable bonds is 4. The molecule has 0 saturated carbocycles. The first-order valence-corrected chi connectivity index (χ1v) is 12.2. The Balaban J connectivity index is 1.94. The van der Waals surface area contributed by atoms with E-state index in [4.69, 9.17) is 4.98 Å². The van der Waals surface area contributed by atoms with Crippen molar-refractivity contribution in [2.24, 2.45) is 0 Å². The molecular formula is C23H27N3O2S2. The third-order valence-corrected chi connectivity index (χ3v) is 8.09. The number of nitrogens with zero attached hydrogens (tertiary/aromatic N) is 2. The van der Waals surface area contributed by atoms with Gasteiger partial charge in [-0.3, -0.25) is 14.2 Å². The number of fused-ring (bicyclic) bond motifs is 1. The number of nitrogens with one attached hydrogen (secondary N) is 1. The molecule has 1 aliphatic rings. The van der Waals surface area contributed by atoms with E-state index < -0.39 is 0 Å². The highest BCUT2D eigenvalue weighted by Crippen LogP contribution is 2.33. The number of carbonyl (C=O) groups excluding carboxylic acids is 1. The molecule has 5 nitrogen and oxygen atoms in total. The van der Waals surface area contributed by atoms with Gasteiger partial charge in [-0.05, 0) is 68.9 Å².